The lowest BCUT2D eigenvalue weighted by Gasteiger charge is -2.11. The number of carbonyl (C=O) groups excluding carboxylic acids is 2. The summed E-state index contributed by atoms with van der Waals surface area (Å²) in [4.78, 5) is 25.2. The van der Waals surface area contributed by atoms with Crippen molar-refractivity contribution in [1.29, 1.82) is 0 Å². The Morgan fingerprint density at radius 2 is 1.96 bits per heavy atom. The van der Waals surface area contributed by atoms with Gasteiger partial charge in [-0.3, -0.25) is 4.79 Å². The number of hydrogen-bond donors (Lipinski definition) is 1. The van der Waals surface area contributed by atoms with Crippen molar-refractivity contribution >= 4 is 23.2 Å². The number of esters is 1. The summed E-state index contributed by atoms with van der Waals surface area (Å²) < 4.78 is 23.2. The molecule has 1 atom stereocenters. The van der Waals surface area contributed by atoms with Gasteiger partial charge < -0.3 is 14.5 Å². The highest BCUT2D eigenvalue weighted by Crippen LogP contribution is 2.28. The second kappa shape index (κ2) is 7.97. The fourth-order valence-corrected chi connectivity index (χ4v) is 3.22. The predicted octanol–water partition coefficient (Wildman–Crippen LogP) is 4.18. The summed E-state index contributed by atoms with van der Waals surface area (Å²) in [6.07, 6.45) is 1.52. The molecule has 3 rings (SSSR count). The molecular weight excluding hydrogens is 357 g/mol. The van der Waals surface area contributed by atoms with E-state index in [1.165, 1.54) is 29.7 Å². The maximum Gasteiger partial charge on any atom is 0.348 e. The van der Waals surface area contributed by atoms with Crippen LogP contribution < -0.4 is 5.32 Å². The Morgan fingerprint density at radius 3 is 2.65 bits per heavy atom. The molecule has 0 fully saturated rings. The normalized spacial score (nSPS) is 11.8. The van der Waals surface area contributed by atoms with Gasteiger partial charge >= 0.3 is 5.97 Å². The third-order valence-corrected chi connectivity index (χ3v) is 4.73. The quantitative estimate of drug-likeness (QED) is 0.658. The number of rotatable bonds is 6. The van der Waals surface area contributed by atoms with E-state index in [9.17, 15) is 14.0 Å². The van der Waals surface area contributed by atoms with E-state index in [-0.39, 0.29) is 18.5 Å². The van der Waals surface area contributed by atoms with Crippen molar-refractivity contribution in [2.24, 2.45) is 0 Å². The Balaban J connectivity index is 1.53. The summed E-state index contributed by atoms with van der Waals surface area (Å²) >= 11 is 1.22. The number of nitrogens with one attached hydrogen (secondary N) is 1. The summed E-state index contributed by atoms with van der Waals surface area (Å²) in [7, 11) is 0. The standard InChI is InChI=1S/C19H16FNO4S/c1-12(15-3-2-10-24-15)21-18(22)11-25-19(23)17-9-8-16(26-17)13-4-6-14(20)7-5-13/h2-10,12H,11H2,1H3,(H,21,22)/t12-/m1/s1. The van der Waals surface area contributed by atoms with E-state index < -0.39 is 11.9 Å². The number of halogens is 1. The molecule has 0 saturated heterocycles. The average molecular weight is 373 g/mol. The van der Waals surface area contributed by atoms with Crippen molar-refractivity contribution in [3.05, 3.63) is 71.2 Å². The van der Waals surface area contributed by atoms with Gasteiger partial charge in [0.05, 0.1) is 12.3 Å². The number of furan rings is 1. The monoisotopic (exact) mass is 373 g/mol. The first-order valence-electron chi connectivity index (χ1n) is 7.88. The predicted molar refractivity (Wildman–Crippen MR) is 95.3 cm³/mol. The Kier molecular flexibility index (Phi) is 5.48. The van der Waals surface area contributed by atoms with E-state index in [1.807, 2.05) is 0 Å². The van der Waals surface area contributed by atoms with Gasteiger partial charge in [-0.25, -0.2) is 9.18 Å². The van der Waals surface area contributed by atoms with Crippen LogP contribution in [0.2, 0.25) is 0 Å². The molecule has 2 heterocycles. The van der Waals surface area contributed by atoms with Crippen LogP contribution in [0.4, 0.5) is 4.39 Å². The van der Waals surface area contributed by atoms with Gasteiger partial charge in [-0.05, 0) is 48.9 Å². The molecule has 0 aliphatic heterocycles. The average Bonchev–Trinajstić information content (AvgIpc) is 3.32. The Labute approximate surface area is 153 Å². The van der Waals surface area contributed by atoms with Gasteiger partial charge in [-0.15, -0.1) is 11.3 Å². The molecule has 134 valence electrons. The highest BCUT2D eigenvalue weighted by Gasteiger charge is 2.16. The number of benzene rings is 1. The van der Waals surface area contributed by atoms with Crippen LogP contribution in [0.15, 0.2) is 59.2 Å². The molecule has 0 bridgehead atoms. The first kappa shape index (κ1) is 17.9. The minimum absolute atomic E-state index is 0.317. The maximum absolute atomic E-state index is 13.0. The zero-order chi connectivity index (χ0) is 18.5. The van der Waals surface area contributed by atoms with Crippen LogP contribution >= 0.6 is 11.3 Å². The molecule has 3 aromatic rings. The van der Waals surface area contributed by atoms with Crippen LogP contribution in [0.5, 0.6) is 0 Å². The molecule has 5 nitrogen and oxygen atoms in total. The summed E-state index contributed by atoms with van der Waals surface area (Å²) in [5.41, 5.74) is 0.806. The largest absolute Gasteiger partial charge is 0.467 e. The number of ether oxygens (including phenoxy) is 1. The minimum Gasteiger partial charge on any atom is -0.467 e. The van der Waals surface area contributed by atoms with Crippen LogP contribution in [0.1, 0.15) is 28.4 Å². The summed E-state index contributed by atoms with van der Waals surface area (Å²) in [5, 5.41) is 2.68. The Morgan fingerprint density at radius 1 is 1.19 bits per heavy atom. The van der Waals surface area contributed by atoms with Gasteiger partial charge in [0.2, 0.25) is 0 Å². The lowest BCUT2D eigenvalue weighted by molar-refractivity contribution is -0.125. The zero-order valence-corrected chi connectivity index (χ0v) is 14.7. The van der Waals surface area contributed by atoms with Gasteiger partial charge in [-0.1, -0.05) is 12.1 Å². The number of hydrogen-bond acceptors (Lipinski definition) is 5. The molecule has 7 heteroatoms. The van der Waals surface area contributed by atoms with E-state index >= 15 is 0 Å². The smallest absolute Gasteiger partial charge is 0.348 e. The van der Waals surface area contributed by atoms with Crippen molar-refractivity contribution in [2.45, 2.75) is 13.0 Å². The summed E-state index contributed by atoms with van der Waals surface area (Å²) in [5.74, 6) is -0.701. The van der Waals surface area contributed by atoms with Gasteiger partial charge in [-0.2, -0.15) is 0 Å². The van der Waals surface area contributed by atoms with Crippen LogP contribution in [-0.2, 0) is 9.53 Å². The third kappa shape index (κ3) is 4.37. The summed E-state index contributed by atoms with van der Waals surface area (Å²) in [6, 6.07) is 12.5. The van der Waals surface area contributed by atoms with Crippen LogP contribution in [-0.4, -0.2) is 18.5 Å². The minimum atomic E-state index is -0.579. The van der Waals surface area contributed by atoms with E-state index in [0.29, 0.717) is 10.6 Å². The second-order valence-electron chi connectivity index (χ2n) is 5.55. The van der Waals surface area contributed by atoms with E-state index in [0.717, 1.165) is 10.4 Å². The number of amides is 1. The van der Waals surface area contributed by atoms with E-state index in [2.05, 4.69) is 5.32 Å². The molecule has 0 radical (unpaired) electrons. The van der Waals surface area contributed by atoms with Gasteiger partial charge in [0.1, 0.15) is 16.5 Å². The first-order chi connectivity index (χ1) is 12.5. The third-order valence-electron chi connectivity index (χ3n) is 3.62. The molecule has 1 amide bonds. The molecule has 26 heavy (non-hydrogen) atoms. The van der Waals surface area contributed by atoms with Gasteiger partial charge in [0.25, 0.3) is 5.91 Å². The molecule has 0 unspecified atom stereocenters. The highest BCUT2D eigenvalue weighted by atomic mass is 32.1. The Hall–Kier alpha value is -2.93. The molecule has 0 aliphatic carbocycles. The number of thiophene rings is 1. The van der Waals surface area contributed by atoms with E-state index in [4.69, 9.17) is 9.15 Å². The molecule has 1 aromatic carbocycles. The maximum atomic E-state index is 13.0. The molecule has 0 saturated carbocycles. The number of carbonyl (C=O) groups is 2. The SMILES string of the molecule is C[C@@H](NC(=O)COC(=O)c1ccc(-c2ccc(F)cc2)s1)c1ccco1. The van der Waals surface area contributed by atoms with Crippen molar-refractivity contribution in [3.8, 4) is 10.4 Å². The van der Waals surface area contributed by atoms with Crippen molar-refractivity contribution in [3.63, 3.8) is 0 Å². The van der Waals surface area contributed by atoms with Gasteiger partial charge in [0.15, 0.2) is 6.61 Å². The van der Waals surface area contributed by atoms with Crippen LogP contribution in [0.3, 0.4) is 0 Å². The topological polar surface area (TPSA) is 68.5 Å². The molecule has 2 aromatic heterocycles. The van der Waals surface area contributed by atoms with Gasteiger partial charge in [0, 0.05) is 4.88 Å². The lowest BCUT2D eigenvalue weighted by Crippen LogP contribution is -2.30. The Bertz CT molecular complexity index is 887. The molecular formula is C19H16FNO4S. The fourth-order valence-electron chi connectivity index (χ4n) is 2.31. The highest BCUT2D eigenvalue weighted by molar-refractivity contribution is 7.17. The second-order valence-corrected chi connectivity index (χ2v) is 6.64. The molecule has 0 spiro atoms. The van der Waals surface area contributed by atoms with E-state index in [1.54, 1.807) is 43.3 Å². The fraction of sp³-hybridized carbons (Fsp3) is 0.158. The van der Waals surface area contributed by atoms with Crippen LogP contribution in [0.25, 0.3) is 10.4 Å². The van der Waals surface area contributed by atoms with Crippen molar-refractivity contribution in [2.75, 3.05) is 6.61 Å². The van der Waals surface area contributed by atoms with Crippen LogP contribution in [0, 0.1) is 5.82 Å². The lowest BCUT2D eigenvalue weighted by atomic mass is 10.2. The van der Waals surface area contributed by atoms with Crippen molar-refractivity contribution < 1.29 is 23.1 Å². The molecule has 1 N–H and O–H groups in total. The van der Waals surface area contributed by atoms with Crippen molar-refractivity contribution in [1.82, 2.24) is 5.32 Å². The molecule has 0 aliphatic rings. The first-order valence-corrected chi connectivity index (χ1v) is 8.70. The zero-order valence-electron chi connectivity index (χ0n) is 13.9. The summed E-state index contributed by atoms with van der Waals surface area (Å²) in [6.45, 7) is 1.39.